The minimum absolute atomic E-state index is 0.108. The van der Waals surface area contributed by atoms with Crippen LogP contribution in [0.4, 0.5) is 5.95 Å². The van der Waals surface area contributed by atoms with E-state index in [9.17, 15) is 4.79 Å². The summed E-state index contributed by atoms with van der Waals surface area (Å²) < 4.78 is 1.91. The van der Waals surface area contributed by atoms with Gasteiger partial charge in [0.1, 0.15) is 6.54 Å². The van der Waals surface area contributed by atoms with Gasteiger partial charge >= 0.3 is 0 Å². The SMILES string of the molecule is Cc1cnc2n1CC(=O)N2C. The van der Waals surface area contributed by atoms with E-state index < -0.39 is 0 Å². The van der Waals surface area contributed by atoms with E-state index in [-0.39, 0.29) is 5.91 Å². The number of imidazole rings is 1. The monoisotopic (exact) mass is 151 g/mol. The molecule has 11 heavy (non-hydrogen) atoms. The Kier molecular flexibility index (Phi) is 1.07. The summed E-state index contributed by atoms with van der Waals surface area (Å²) in [6.07, 6.45) is 1.78. The van der Waals surface area contributed by atoms with Crippen LogP contribution in [0.2, 0.25) is 0 Å². The number of nitrogens with zero attached hydrogens (tertiary/aromatic N) is 3. The number of amides is 1. The molecule has 4 nitrogen and oxygen atoms in total. The summed E-state index contributed by atoms with van der Waals surface area (Å²) in [5, 5.41) is 0. The predicted molar refractivity (Wildman–Crippen MR) is 40.4 cm³/mol. The van der Waals surface area contributed by atoms with Crippen LogP contribution in [0.15, 0.2) is 6.20 Å². The zero-order valence-corrected chi connectivity index (χ0v) is 6.53. The minimum atomic E-state index is 0.108. The summed E-state index contributed by atoms with van der Waals surface area (Å²) in [7, 11) is 1.74. The molecule has 58 valence electrons. The molecule has 1 aromatic heterocycles. The molecule has 1 aromatic rings. The first-order valence-corrected chi connectivity index (χ1v) is 3.49. The number of hydrogen-bond acceptors (Lipinski definition) is 2. The number of anilines is 1. The van der Waals surface area contributed by atoms with Crippen molar-refractivity contribution in [1.29, 1.82) is 0 Å². The van der Waals surface area contributed by atoms with Gasteiger partial charge in [-0.2, -0.15) is 0 Å². The maximum Gasteiger partial charge on any atom is 0.249 e. The Bertz CT molecular complexity index is 315. The molecule has 1 aliphatic heterocycles. The highest BCUT2D eigenvalue weighted by Crippen LogP contribution is 2.19. The van der Waals surface area contributed by atoms with Gasteiger partial charge in [-0.05, 0) is 6.92 Å². The molecule has 0 aromatic carbocycles. The van der Waals surface area contributed by atoms with Crippen LogP contribution in [-0.4, -0.2) is 22.5 Å². The van der Waals surface area contributed by atoms with Crippen molar-refractivity contribution in [2.75, 3.05) is 11.9 Å². The van der Waals surface area contributed by atoms with Crippen molar-refractivity contribution < 1.29 is 4.79 Å². The first kappa shape index (κ1) is 6.39. The summed E-state index contributed by atoms with van der Waals surface area (Å²) in [6, 6.07) is 0. The zero-order valence-electron chi connectivity index (χ0n) is 6.53. The van der Waals surface area contributed by atoms with E-state index in [0.29, 0.717) is 6.54 Å². The van der Waals surface area contributed by atoms with Gasteiger partial charge in [-0.15, -0.1) is 0 Å². The summed E-state index contributed by atoms with van der Waals surface area (Å²) in [5.41, 5.74) is 1.04. The fourth-order valence-electron chi connectivity index (χ4n) is 1.26. The van der Waals surface area contributed by atoms with Gasteiger partial charge in [-0.25, -0.2) is 4.98 Å². The van der Waals surface area contributed by atoms with Crippen LogP contribution in [0.1, 0.15) is 5.69 Å². The Balaban J connectivity index is 2.56. The second kappa shape index (κ2) is 1.84. The van der Waals surface area contributed by atoms with Crippen LogP contribution in [0, 0.1) is 6.92 Å². The van der Waals surface area contributed by atoms with Crippen LogP contribution < -0.4 is 4.90 Å². The van der Waals surface area contributed by atoms with E-state index >= 15 is 0 Å². The molecule has 2 rings (SSSR count). The molecular formula is C7H9N3O. The fraction of sp³-hybridized carbons (Fsp3) is 0.429. The molecule has 0 radical (unpaired) electrons. The molecule has 0 N–H and O–H groups in total. The van der Waals surface area contributed by atoms with Gasteiger partial charge in [0.05, 0.1) is 6.20 Å². The molecule has 0 saturated heterocycles. The largest absolute Gasteiger partial charge is 0.305 e. The van der Waals surface area contributed by atoms with E-state index in [1.807, 2.05) is 11.5 Å². The van der Waals surface area contributed by atoms with E-state index in [4.69, 9.17) is 0 Å². The maximum atomic E-state index is 11.1. The number of aryl methyl sites for hydroxylation is 1. The van der Waals surface area contributed by atoms with Gasteiger partial charge in [-0.1, -0.05) is 0 Å². The Morgan fingerprint density at radius 2 is 2.36 bits per heavy atom. The molecule has 0 spiro atoms. The standard InChI is InChI=1S/C7H9N3O/c1-5-3-8-7-9(2)6(11)4-10(5)7/h3H,4H2,1-2H3. The summed E-state index contributed by atoms with van der Waals surface area (Å²) >= 11 is 0. The second-order valence-electron chi connectivity index (χ2n) is 2.74. The Hall–Kier alpha value is -1.32. The number of aromatic nitrogens is 2. The van der Waals surface area contributed by atoms with Crippen LogP contribution in [-0.2, 0) is 11.3 Å². The maximum absolute atomic E-state index is 11.1. The minimum Gasteiger partial charge on any atom is -0.305 e. The van der Waals surface area contributed by atoms with Crippen LogP contribution >= 0.6 is 0 Å². The molecule has 0 aliphatic carbocycles. The molecular weight excluding hydrogens is 142 g/mol. The smallest absolute Gasteiger partial charge is 0.249 e. The highest BCUT2D eigenvalue weighted by molar-refractivity contribution is 5.94. The zero-order chi connectivity index (χ0) is 8.01. The lowest BCUT2D eigenvalue weighted by molar-refractivity contribution is -0.117. The Morgan fingerprint density at radius 3 is 3.00 bits per heavy atom. The Labute approximate surface area is 64.4 Å². The summed E-state index contributed by atoms with van der Waals surface area (Å²) in [4.78, 5) is 16.8. The third-order valence-corrected chi connectivity index (χ3v) is 2.00. The molecule has 0 fully saturated rings. The van der Waals surface area contributed by atoms with E-state index in [1.165, 1.54) is 0 Å². The lowest BCUT2D eigenvalue weighted by atomic mass is 10.5. The van der Waals surface area contributed by atoms with Crippen LogP contribution in [0.25, 0.3) is 0 Å². The van der Waals surface area contributed by atoms with Crippen molar-refractivity contribution in [3.8, 4) is 0 Å². The molecule has 0 bridgehead atoms. The van der Waals surface area contributed by atoms with Gasteiger partial charge < -0.3 is 4.57 Å². The average molecular weight is 151 g/mol. The molecule has 0 atom stereocenters. The number of rotatable bonds is 0. The van der Waals surface area contributed by atoms with Crippen LogP contribution in [0.3, 0.4) is 0 Å². The van der Waals surface area contributed by atoms with Crippen molar-refractivity contribution in [1.82, 2.24) is 9.55 Å². The molecule has 0 saturated carbocycles. The molecule has 1 aliphatic rings. The molecule has 1 amide bonds. The highest BCUT2D eigenvalue weighted by Gasteiger charge is 2.25. The number of fused-ring (bicyclic) bond motifs is 1. The van der Waals surface area contributed by atoms with Crippen LogP contribution in [0.5, 0.6) is 0 Å². The van der Waals surface area contributed by atoms with E-state index in [0.717, 1.165) is 11.6 Å². The third kappa shape index (κ3) is 0.691. The van der Waals surface area contributed by atoms with Crippen molar-refractivity contribution in [2.45, 2.75) is 13.5 Å². The van der Waals surface area contributed by atoms with Crippen molar-refractivity contribution >= 4 is 11.9 Å². The number of carbonyl (C=O) groups excluding carboxylic acids is 1. The first-order valence-electron chi connectivity index (χ1n) is 3.49. The van der Waals surface area contributed by atoms with E-state index in [2.05, 4.69) is 4.98 Å². The Morgan fingerprint density at radius 1 is 1.64 bits per heavy atom. The molecule has 2 heterocycles. The predicted octanol–water partition coefficient (Wildman–Crippen LogP) is 0.168. The summed E-state index contributed by atoms with van der Waals surface area (Å²) in [6.45, 7) is 2.39. The van der Waals surface area contributed by atoms with Gasteiger partial charge in [0.15, 0.2) is 0 Å². The first-order chi connectivity index (χ1) is 5.20. The topological polar surface area (TPSA) is 38.1 Å². The van der Waals surface area contributed by atoms with Gasteiger partial charge in [0.25, 0.3) is 0 Å². The van der Waals surface area contributed by atoms with Gasteiger partial charge in [-0.3, -0.25) is 9.69 Å². The highest BCUT2D eigenvalue weighted by atomic mass is 16.2. The summed E-state index contributed by atoms with van der Waals surface area (Å²) in [5.74, 6) is 0.865. The lowest BCUT2D eigenvalue weighted by Crippen LogP contribution is -2.21. The number of carbonyl (C=O) groups is 1. The number of hydrogen-bond donors (Lipinski definition) is 0. The van der Waals surface area contributed by atoms with E-state index in [1.54, 1.807) is 18.1 Å². The van der Waals surface area contributed by atoms with Crippen molar-refractivity contribution in [2.24, 2.45) is 0 Å². The lowest BCUT2D eigenvalue weighted by Gasteiger charge is -2.02. The van der Waals surface area contributed by atoms with Crippen molar-refractivity contribution in [3.05, 3.63) is 11.9 Å². The third-order valence-electron chi connectivity index (χ3n) is 2.00. The average Bonchev–Trinajstić information content (AvgIpc) is 2.43. The number of likely N-dealkylation sites (N-methyl/N-ethyl adjacent to an activating group) is 1. The quantitative estimate of drug-likeness (QED) is 0.530. The molecule has 4 heteroatoms. The normalized spacial score (nSPS) is 15.8. The second-order valence-corrected chi connectivity index (χ2v) is 2.74. The van der Waals surface area contributed by atoms with Gasteiger partial charge in [0, 0.05) is 12.7 Å². The molecule has 0 unspecified atom stereocenters. The van der Waals surface area contributed by atoms with Gasteiger partial charge in [0.2, 0.25) is 11.9 Å². The van der Waals surface area contributed by atoms with Crippen molar-refractivity contribution in [3.63, 3.8) is 0 Å². The fourth-order valence-corrected chi connectivity index (χ4v) is 1.26.